The number of hydrogen-bond acceptors (Lipinski definition) is 6. The summed E-state index contributed by atoms with van der Waals surface area (Å²) in [6.07, 6.45) is 5.64. The fourth-order valence-corrected chi connectivity index (χ4v) is 6.57. The number of fused-ring (bicyclic) bond motifs is 2. The van der Waals surface area contributed by atoms with Crippen molar-refractivity contribution in [3.8, 4) is 11.3 Å². The summed E-state index contributed by atoms with van der Waals surface area (Å²) in [6, 6.07) is 5.89. The molecule has 3 fully saturated rings. The Bertz CT molecular complexity index is 1410. The Morgan fingerprint density at radius 1 is 1.08 bits per heavy atom. The standard InChI is InChI=1S/C28H33ClN6O2.2ClH/c1-16-9-18(29)11-19(23(16)31-14-28(4)5-7-30-8-6-28)24-20-10-17(13-35(20)33-15-32-24)12-34-25(36)21-22(26(34)37)27(21,2)3;;/h9-11,13,15,21-22,30-31H,5-8,12,14H2,1-4H3;2*1H. The molecule has 0 bridgehead atoms. The summed E-state index contributed by atoms with van der Waals surface area (Å²) >= 11 is 6.52. The molecule has 2 saturated heterocycles. The first-order chi connectivity index (χ1) is 17.6. The van der Waals surface area contributed by atoms with Gasteiger partial charge in [-0.25, -0.2) is 9.50 Å². The van der Waals surface area contributed by atoms with Crippen molar-refractivity contribution >= 4 is 59.4 Å². The minimum absolute atomic E-state index is 0. The molecule has 1 saturated carbocycles. The number of halogens is 3. The summed E-state index contributed by atoms with van der Waals surface area (Å²) in [7, 11) is 0. The monoisotopic (exact) mass is 592 g/mol. The van der Waals surface area contributed by atoms with Crippen molar-refractivity contribution in [2.75, 3.05) is 25.0 Å². The van der Waals surface area contributed by atoms with E-state index in [2.05, 4.69) is 34.6 Å². The molecule has 1 aliphatic carbocycles. The number of nitrogens with zero attached hydrogens (tertiary/aromatic N) is 4. The molecule has 39 heavy (non-hydrogen) atoms. The molecule has 2 aliphatic heterocycles. The summed E-state index contributed by atoms with van der Waals surface area (Å²) < 4.78 is 1.77. The highest BCUT2D eigenvalue weighted by atomic mass is 35.5. The van der Waals surface area contributed by atoms with E-state index in [0.29, 0.717) is 5.02 Å². The smallest absolute Gasteiger partial charge is 0.233 e. The average Bonchev–Trinajstić information content (AvgIpc) is 3.09. The minimum atomic E-state index is -0.214. The Labute approximate surface area is 246 Å². The van der Waals surface area contributed by atoms with E-state index in [1.54, 1.807) is 4.52 Å². The number of anilines is 1. The van der Waals surface area contributed by atoms with Crippen LogP contribution in [0.5, 0.6) is 0 Å². The van der Waals surface area contributed by atoms with E-state index < -0.39 is 0 Å². The van der Waals surface area contributed by atoms with Gasteiger partial charge in [0.05, 0.1) is 29.6 Å². The third kappa shape index (κ3) is 5.01. The molecule has 2 N–H and O–H groups in total. The molecule has 2 aromatic heterocycles. The van der Waals surface area contributed by atoms with Crippen molar-refractivity contribution in [1.82, 2.24) is 24.8 Å². The van der Waals surface area contributed by atoms with Gasteiger partial charge in [-0.15, -0.1) is 24.8 Å². The lowest BCUT2D eigenvalue weighted by Crippen LogP contribution is -2.39. The Morgan fingerprint density at radius 3 is 2.41 bits per heavy atom. The number of carbonyl (C=O) groups is 2. The van der Waals surface area contributed by atoms with E-state index in [1.165, 1.54) is 11.2 Å². The number of imide groups is 1. The quantitative estimate of drug-likeness (QED) is 0.385. The van der Waals surface area contributed by atoms with E-state index in [4.69, 9.17) is 11.6 Å². The number of aromatic nitrogens is 3. The molecule has 2 amide bonds. The summed E-state index contributed by atoms with van der Waals surface area (Å²) in [5, 5.41) is 12.2. The van der Waals surface area contributed by atoms with Crippen LogP contribution in [-0.4, -0.2) is 50.9 Å². The predicted molar refractivity (Wildman–Crippen MR) is 158 cm³/mol. The van der Waals surface area contributed by atoms with Crippen molar-refractivity contribution < 1.29 is 9.59 Å². The number of benzene rings is 1. The first-order valence-electron chi connectivity index (χ1n) is 13.0. The number of likely N-dealkylation sites (tertiary alicyclic amines) is 1. The number of rotatable bonds is 6. The normalized spacial score (nSPS) is 22.7. The van der Waals surface area contributed by atoms with Gasteiger partial charge in [-0.1, -0.05) is 32.4 Å². The molecule has 2 atom stereocenters. The zero-order chi connectivity index (χ0) is 26.1. The van der Waals surface area contributed by atoms with Gasteiger partial charge in [0.25, 0.3) is 0 Å². The van der Waals surface area contributed by atoms with Crippen LogP contribution in [0.15, 0.2) is 30.7 Å². The highest BCUT2D eigenvalue weighted by molar-refractivity contribution is 6.31. The molecular formula is C28H35Cl3N6O2. The molecule has 0 spiro atoms. The molecule has 4 heterocycles. The summed E-state index contributed by atoms with van der Waals surface area (Å²) in [6.45, 7) is 11.5. The van der Waals surface area contributed by atoms with Crippen LogP contribution >= 0.6 is 36.4 Å². The summed E-state index contributed by atoms with van der Waals surface area (Å²) in [5.74, 6) is -0.496. The second-order valence-electron chi connectivity index (χ2n) is 11.9. The van der Waals surface area contributed by atoms with Crippen molar-refractivity contribution in [3.63, 3.8) is 0 Å². The van der Waals surface area contributed by atoms with Crippen LogP contribution in [0.1, 0.15) is 44.7 Å². The Balaban J connectivity index is 0.00000176. The van der Waals surface area contributed by atoms with E-state index >= 15 is 0 Å². The van der Waals surface area contributed by atoms with Crippen LogP contribution in [0.2, 0.25) is 5.02 Å². The van der Waals surface area contributed by atoms with Gasteiger partial charge in [-0.05, 0) is 73.0 Å². The summed E-state index contributed by atoms with van der Waals surface area (Å²) in [4.78, 5) is 31.8. The molecule has 11 heteroatoms. The van der Waals surface area contributed by atoms with Gasteiger partial charge in [0, 0.05) is 29.0 Å². The SMILES string of the molecule is Cc1cc(Cl)cc(-c2ncnn3cc(CN4C(=O)C5C(C4=O)C5(C)C)cc23)c1NCC1(C)CCNCC1.Cl.Cl. The van der Waals surface area contributed by atoms with Crippen LogP contribution in [0.3, 0.4) is 0 Å². The topological polar surface area (TPSA) is 91.6 Å². The van der Waals surface area contributed by atoms with Crippen molar-refractivity contribution in [2.45, 2.75) is 47.1 Å². The van der Waals surface area contributed by atoms with Crippen LogP contribution in [0.25, 0.3) is 16.8 Å². The molecule has 210 valence electrons. The maximum absolute atomic E-state index is 12.9. The van der Waals surface area contributed by atoms with Crippen LogP contribution in [0, 0.1) is 29.6 Å². The number of amides is 2. The maximum atomic E-state index is 12.9. The van der Waals surface area contributed by atoms with E-state index in [1.807, 2.05) is 38.2 Å². The third-order valence-electron chi connectivity index (χ3n) is 8.75. The van der Waals surface area contributed by atoms with Gasteiger partial charge in [-0.2, -0.15) is 5.10 Å². The third-order valence-corrected chi connectivity index (χ3v) is 8.97. The lowest BCUT2D eigenvalue weighted by atomic mass is 9.81. The Hall–Kier alpha value is -2.39. The van der Waals surface area contributed by atoms with Gasteiger partial charge in [-0.3, -0.25) is 14.5 Å². The maximum Gasteiger partial charge on any atom is 0.233 e. The predicted octanol–water partition coefficient (Wildman–Crippen LogP) is 5.14. The van der Waals surface area contributed by atoms with Crippen LogP contribution in [0.4, 0.5) is 5.69 Å². The van der Waals surface area contributed by atoms with Gasteiger partial charge >= 0.3 is 0 Å². The highest BCUT2D eigenvalue weighted by Crippen LogP contribution is 2.63. The molecule has 1 aromatic carbocycles. The Morgan fingerprint density at radius 2 is 1.74 bits per heavy atom. The lowest BCUT2D eigenvalue weighted by Gasteiger charge is -2.35. The van der Waals surface area contributed by atoms with Gasteiger partial charge in [0.15, 0.2) is 0 Å². The molecule has 8 nitrogen and oxygen atoms in total. The fraction of sp³-hybridized carbons (Fsp3) is 0.500. The van der Waals surface area contributed by atoms with Gasteiger partial charge < -0.3 is 10.6 Å². The number of nitrogens with one attached hydrogen (secondary N) is 2. The molecular weight excluding hydrogens is 559 g/mol. The molecule has 6 rings (SSSR count). The first kappa shape index (κ1) is 29.6. The number of aryl methyl sites for hydroxylation is 1. The van der Waals surface area contributed by atoms with Crippen molar-refractivity contribution in [1.29, 1.82) is 0 Å². The Kier molecular flexibility index (Phi) is 8.00. The number of hydrogen-bond donors (Lipinski definition) is 2. The van der Waals surface area contributed by atoms with Crippen molar-refractivity contribution in [2.24, 2.45) is 22.7 Å². The van der Waals surface area contributed by atoms with Gasteiger partial charge in [0.1, 0.15) is 6.33 Å². The van der Waals surface area contributed by atoms with Crippen LogP contribution in [-0.2, 0) is 16.1 Å². The molecule has 3 aliphatic rings. The lowest BCUT2D eigenvalue weighted by molar-refractivity contribution is -0.143. The first-order valence-corrected chi connectivity index (χ1v) is 13.4. The highest BCUT2D eigenvalue weighted by Gasteiger charge is 2.72. The number of carbonyl (C=O) groups excluding carboxylic acids is 2. The molecule has 3 aromatic rings. The van der Waals surface area contributed by atoms with E-state index in [0.717, 1.165) is 66.1 Å². The van der Waals surface area contributed by atoms with Crippen molar-refractivity contribution in [3.05, 3.63) is 46.9 Å². The zero-order valence-corrected chi connectivity index (χ0v) is 25.0. The summed E-state index contributed by atoms with van der Waals surface area (Å²) in [5.41, 5.74) is 5.38. The van der Waals surface area contributed by atoms with E-state index in [9.17, 15) is 9.59 Å². The number of piperidine rings is 2. The molecule has 2 unspecified atom stereocenters. The fourth-order valence-electron chi connectivity index (χ4n) is 6.29. The van der Waals surface area contributed by atoms with Gasteiger partial charge in [0.2, 0.25) is 11.8 Å². The minimum Gasteiger partial charge on any atom is -0.384 e. The largest absolute Gasteiger partial charge is 0.384 e. The second kappa shape index (κ2) is 10.5. The second-order valence-corrected chi connectivity index (χ2v) is 12.3. The van der Waals surface area contributed by atoms with Crippen LogP contribution < -0.4 is 10.6 Å². The molecule has 0 radical (unpaired) electrons. The average molecular weight is 594 g/mol. The van der Waals surface area contributed by atoms with E-state index in [-0.39, 0.29) is 65.8 Å². The zero-order valence-electron chi connectivity index (χ0n) is 22.6.